The van der Waals surface area contributed by atoms with E-state index in [4.69, 9.17) is 5.84 Å². The molecule has 144 valence electrons. The van der Waals surface area contributed by atoms with Crippen LogP contribution in [0.25, 0.3) is 0 Å². The van der Waals surface area contributed by atoms with E-state index in [-0.39, 0.29) is 24.0 Å². The minimum atomic E-state index is -0.708. The van der Waals surface area contributed by atoms with Crippen LogP contribution in [0.15, 0.2) is 46.4 Å². The number of pyridine rings is 1. The van der Waals surface area contributed by atoms with Gasteiger partial charge < -0.3 is 20.8 Å². The Kier molecular flexibility index (Phi) is 7.13. The highest BCUT2D eigenvalue weighted by molar-refractivity contribution is 5.95. The van der Waals surface area contributed by atoms with Crippen LogP contribution < -0.4 is 16.6 Å². The van der Waals surface area contributed by atoms with Gasteiger partial charge in [0.05, 0.1) is 18.4 Å². The number of aromatic hydroxyl groups is 1. The number of nitrogens with two attached hydrogens (primary N) is 1. The van der Waals surface area contributed by atoms with E-state index in [0.717, 1.165) is 24.6 Å². The number of benzene rings is 1. The first kappa shape index (κ1) is 20.2. The first-order chi connectivity index (χ1) is 13.0. The highest BCUT2D eigenvalue weighted by Gasteiger charge is 2.20. The van der Waals surface area contributed by atoms with Crippen LogP contribution in [0.5, 0.6) is 5.75 Å². The van der Waals surface area contributed by atoms with Crippen molar-refractivity contribution in [3.8, 4) is 5.75 Å². The number of aromatic amines is 1. The quantitative estimate of drug-likeness (QED) is 0.242. The molecule has 1 aromatic carbocycles. The van der Waals surface area contributed by atoms with Crippen molar-refractivity contribution in [2.24, 2.45) is 10.9 Å². The number of carbonyl (C=O) groups excluding carboxylic acids is 1. The molecule has 1 aromatic heterocycles. The van der Waals surface area contributed by atoms with Gasteiger partial charge >= 0.3 is 0 Å². The molecule has 2 rings (SSSR count). The Morgan fingerprint density at radius 1 is 1.41 bits per heavy atom. The summed E-state index contributed by atoms with van der Waals surface area (Å²) in [5, 5.41) is 16.6. The predicted octanol–water partition coefficient (Wildman–Crippen LogP) is 1.53. The highest BCUT2D eigenvalue weighted by Crippen LogP contribution is 2.18. The molecule has 0 saturated heterocycles. The zero-order chi connectivity index (χ0) is 19.8. The van der Waals surface area contributed by atoms with E-state index in [0.29, 0.717) is 0 Å². The van der Waals surface area contributed by atoms with Gasteiger partial charge in [-0.15, -0.1) is 0 Å². The van der Waals surface area contributed by atoms with Gasteiger partial charge in [-0.3, -0.25) is 14.9 Å². The predicted molar refractivity (Wildman–Crippen MR) is 105 cm³/mol. The lowest BCUT2D eigenvalue weighted by molar-refractivity contribution is 0.0768. The lowest BCUT2D eigenvalue weighted by Gasteiger charge is -2.24. The Hall–Kier alpha value is -3.13. The van der Waals surface area contributed by atoms with Crippen LogP contribution in [-0.4, -0.2) is 40.8 Å². The van der Waals surface area contributed by atoms with Gasteiger partial charge in [-0.2, -0.15) is 5.10 Å². The Balaban J connectivity index is 2.11. The first-order valence-electron chi connectivity index (χ1n) is 8.71. The average molecular weight is 371 g/mol. The Bertz CT molecular complexity index is 848. The number of carbonyl (C=O) groups is 1. The van der Waals surface area contributed by atoms with Gasteiger partial charge in [0.1, 0.15) is 0 Å². The molecular formula is C19H25N5O3. The fourth-order valence-corrected chi connectivity index (χ4v) is 2.74. The van der Waals surface area contributed by atoms with Gasteiger partial charge in [0.2, 0.25) is 5.43 Å². The largest absolute Gasteiger partial charge is 0.503 e. The van der Waals surface area contributed by atoms with Crippen molar-refractivity contribution in [3.05, 3.63) is 63.6 Å². The second kappa shape index (κ2) is 9.54. The highest BCUT2D eigenvalue weighted by atomic mass is 16.3. The molecule has 0 aliphatic carbocycles. The monoisotopic (exact) mass is 371 g/mol. The average Bonchev–Trinajstić information content (AvgIpc) is 2.69. The van der Waals surface area contributed by atoms with Gasteiger partial charge in [-0.1, -0.05) is 43.7 Å². The van der Waals surface area contributed by atoms with Crippen molar-refractivity contribution >= 4 is 12.1 Å². The van der Waals surface area contributed by atoms with Crippen LogP contribution in [0.1, 0.15) is 47.4 Å². The zero-order valence-electron chi connectivity index (χ0n) is 15.5. The van der Waals surface area contributed by atoms with Gasteiger partial charge in [-0.25, -0.2) is 0 Å². The van der Waals surface area contributed by atoms with Crippen molar-refractivity contribution in [2.45, 2.75) is 25.8 Å². The van der Waals surface area contributed by atoms with E-state index in [2.05, 4.69) is 22.3 Å². The first-order valence-corrected chi connectivity index (χ1v) is 8.71. The summed E-state index contributed by atoms with van der Waals surface area (Å²) in [6, 6.07) is 10.1. The number of rotatable bonds is 8. The smallest absolute Gasteiger partial charge is 0.275 e. The molecule has 0 aliphatic rings. The summed E-state index contributed by atoms with van der Waals surface area (Å²) in [5.74, 6) is 3.86. The van der Waals surface area contributed by atoms with Gasteiger partial charge in [0.25, 0.3) is 5.91 Å². The molecule has 0 radical (unpaired) electrons. The molecule has 1 atom stereocenters. The van der Waals surface area contributed by atoms with E-state index < -0.39 is 17.1 Å². The number of H-pyrrole nitrogens is 1. The number of amides is 1. The van der Waals surface area contributed by atoms with Crippen molar-refractivity contribution in [2.75, 3.05) is 13.7 Å². The zero-order valence-corrected chi connectivity index (χ0v) is 15.5. The van der Waals surface area contributed by atoms with Crippen LogP contribution >= 0.6 is 0 Å². The Labute approximate surface area is 157 Å². The fraction of sp³-hybridized carbons (Fsp3) is 0.316. The summed E-state index contributed by atoms with van der Waals surface area (Å²) in [7, 11) is 1.59. The van der Waals surface area contributed by atoms with Crippen LogP contribution in [-0.2, 0) is 0 Å². The molecule has 27 heavy (non-hydrogen) atoms. The lowest BCUT2D eigenvalue weighted by Crippen LogP contribution is -2.38. The molecule has 1 unspecified atom stereocenters. The molecule has 0 spiro atoms. The molecule has 1 heterocycles. The summed E-state index contributed by atoms with van der Waals surface area (Å²) in [5.41, 5.74) is 0.326. The summed E-state index contributed by atoms with van der Waals surface area (Å²) in [6.45, 7) is 2.35. The fourth-order valence-electron chi connectivity index (χ4n) is 2.74. The second-order valence-corrected chi connectivity index (χ2v) is 6.19. The molecule has 8 nitrogen and oxygen atoms in total. The number of hydrazone groups is 1. The molecule has 0 saturated carbocycles. The van der Waals surface area contributed by atoms with E-state index in [9.17, 15) is 14.7 Å². The van der Waals surface area contributed by atoms with Crippen LogP contribution in [0.4, 0.5) is 0 Å². The molecule has 0 bridgehead atoms. The standard InChI is InChI=1S/C19H25N5O3/c1-3-7-15(13-8-5-4-6-9-13)22-12-24(2)19(27)16-18(26)17(25)14(10-21-16)11-23-20/h4-6,8-11,15,22,26H,3,7,12,20H2,1-2H3,(H,21,25)/b23-11+. The SMILES string of the molecule is CCCC(NCN(C)C(=O)c1[nH]cc(/C=N/N)c(=O)c1O)c1ccccc1. The Morgan fingerprint density at radius 3 is 2.74 bits per heavy atom. The number of aromatic nitrogens is 1. The number of nitrogens with one attached hydrogen (secondary N) is 2. The van der Waals surface area contributed by atoms with Gasteiger partial charge in [0, 0.05) is 19.3 Å². The van der Waals surface area contributed by atoms with E-state index in [1.807, 2.05) is 30.3 Å². The van der Waals surface area contributed by atoms with Crippen molar-refractivity contribution < 1.29 is 9.90 Å². The number of hydrogen-bond acceptors (Lipinski definition) is 6. The minimum absolute atomic E-state index is 0.0689. The molecule has 8 heteroatoms. The van der Waals surface area contributed by atoms with Crippen molar-refractivity contribution in [1.82, 2.24) is 15.2 Å². The maximum Gasteiger partial charge on any atom is 0.275 e. The normalized spacial score (nSPS) is 12.2. The topological polar surface area (TPSA) is 124 Å². The molecule has 1 amide bonds. The lowest BCUT2D eigenvalue weighted by atomic mass is 10.0. The van der Waals surface area contributed by atoms with Crippen molar-refractivity contribution in [3.63, 3.8) is 0 Å². The van der Waals surface area contributed by atoms with Crippen LogP contribution in [0.3, 0.4) is 0 Å². The third-order valence-electron chi connectivity index (χ3n) is 4.21. The van der Waals surface area contributed by atoms with Crippen LogP contribution in [0.2, 0.25) is 0 Å². The van der Waals surface area contributed by atoms with Crippen molar-refractivity contribution in [1.29, 1.82) is 0 Å². The van der Waals surface area contributed by atoms with E-state index in [1.165, 1.54) is 11.1 Å². The van der Waals surface area contributed by atoms with Crippen LogP contribution in [0, 0.1) is 0 Å². The molecule has 0 aliphatic heterocycles. The number of hydrogen-bond donors (Lipinski definition) is 4. The summed E-state index contributed by atoms with van der Waals surface area (Å²) in [4.78, 5) is 28.7. The summed E-state index contributed by atoms with van der Waals surface area (Å²) < 4.78 is 0. The van der Waals surface area contributed by atoms with E-state index >= 15 is 0 Å². The van der Waals surface area contributed by atoms with Gasteiger partial charge in [-0.05, 0) is 12.0 Å². The molecule has 2 aromatic rings. The Morgan fingerprint density at radius 2 is 2.11 bits per heavy atom. The third kappa shape index (κ3) is 4.95. The maximum atomic E-state index is 12.6. The van der Waals surface area contributed by atoms with E-state index in [1.54, 1.807) is 7.05 Å². The summed E-state index contributed by atoms with van der Waals surface area (Å²) >= 11 is 0. The second-order valence-electron chi connectivity index (χ2n) is 6.19. The summed E-state index contributed by atoms with van der Waals surface area (Å²) in [6.07, 6.45) is 4.30. The maximum absolute atomic E-state index is 12.6. The minimum Gasteiger partial charge on any atom is -0.503 e. The third-order valence-corrected chi connectivity index (χ3v) is 4.21. The molecule has 0 fully saturated rings. The number of nitrogens with zero attached hydrogens (tertiary/aromatic N) is 2. The van der Waals surface area contributed by atoms with Gasteiger partial charge in [0.15, 0.2) is 11.4 Å². The molecular weight excluding hydrogens is 346 g/mol. The molecule has 5 N–H and O–H groups in total.